The summed E-state index contributed by atoms with van der Waals surface area (Å²) < 4.78 is 0. The first-order valence-electron chi connectivity index (χ1n) is 12.1. The van der Waals surface area contributed by atoms with Crippen LogP contribution in [0.2, 0.25) is 0 Å². The van der Waals surface area contributed by atoms with Gasteiger partial charge in [-0.1, -0.05) is 52.0 Å². The molecule has 4 rings (SSSR count). The van der Waals surface area contributed by atoms with Crippen LogP contribution in [0.3, 0.4) is 0 Å². The molecule has 0 saturated heterocycles. The van der Waals surface area contributed by atoms with Crippen LogP contribution in [-0.2, 0) is 0 Å². The van der Waals surface area contributed by atoms with Crippen LogP contribution in [0, 0.1) is 40.9 Å². The largest absolute Gasteiger partial charge is 0.392 e. The van der Waals surface area contributed by atoms with Crippen molar-refractivity contribution in [2.24, 2.45) is 40.9 Å². The molecule has 28 heavy (non-hydrogen) atoms. The smallest absolute Gasteiger partial charge is 0.0615 e. The SMILES string of the molecule is C=C(CCC(C)C1CCC2C3CC=C4CC(O)CC=C4C3CCC12C)C(C)C. The van der Waals surface area contributed by atoms with Gasteiger partial charge in [-0.25, -0.2) is 0 Å². The van der Waals surface area contributed by atoms with Gasteiger partial charge >= 0.3 is 0 Å². The summed E-state index contributed by atoms with van der Waals surface area (Å²) in [5.74, 6) is 4.87. The predicted molar refractivity (Wildman–Crippen MR) is 119 cm³/mol. The fraction of sp³-hybridized carbons (Fsp3) is 0.778. The number of aliphatic hydroxyl groups is 1. The maximum Gasteiger partial charge on any atom is 0.0615 e. The molecule has 1 heteroatoms. The Hall–Kier alpha value is -0.820. The number of hydrogen-bond acceptors (Lipinski definition) is 1. The first kappa shape index (κ1) is 20.5. The molecule has 0 amide bonds. The third-order valence-corrected chi connectivity index (χ3v) is 9.41. The summed E-state index contributed by atoms with van der Waals surface area (Å²) in [6.45, 7) is 14.1. The van der Waals surface area contributed by atoms with Crippen LogP contribution in [-0.4, -0.2) is 11.2 Å². The van der Waals surface area contributed by atoms with E-state index in [0.717, 1.165) is 42.4 Å². The fourth-order valence-electron chi connectivity index (χ4n) is 7.60. The summed E-state index contributed by atoms with van der Waals surface area (Å²) in [6, 6.07) is 0. The monoisotopic (exact) mass is 382 g/mol. The molecule has 2 fully saturated rings. The molecule has 0 heterocycles. The van der Waals surface area contributed by atoms with Crippen molar-refractivity contribution < 1.29 is 5.11 Å². The van der Waals surface area contributed by atoms with Gasteiger partial charge in [-0.15, -0.1) is 0 Å². The van der Waals surface area contributed by atoms with E-state index in [2.05, 4.69) is 46.4 Å². The number of fused-ring (bicyclic) bond motifs is 5. The highest BCUT2D eigenvalue weighted by molar-refractivity contribution is 5.40. The van der Waals surface area contributed by atoms with Crippen LogP contribution in [0.1, 0.15) is 85.5 Å². The minimum absolute atomic E-state index is 0.141. The Kier molecular flexibility index (Phi) is 5.69. The first-order chi connectivity index (χ1) is 13.3. The standard InChI is InChI=1S/C27H42O/c1-17(2)18(3)6-7-19(4)25-12-13-26-24-10-8-20-16-21(28)9-11-22(20)23(24)14-15-27(25,26)5/h8,11,17,19,21,23-26,28H,3,6-7,9-10,12-16H2,1-2,4-5H3. The van der Waals surface area contributed by atoms with Gasteiger partial charge in [0.15, 0.2) is 0 Å². The molecule has 0 aromatic heterocycles. The maximum absolute atomic E-state index is 10.1. The van der Waals surface area contributed by atoms with Gasteiger partial charge in [-0.3, -0.25) is 0 Å². The van der Waals surface area contributed by atoms with Crippen LogP contribution in [0.4, 0.5) is 0 Å². The summed E-state index contributed by atoms with van der Waals surface area (Å²) in [6.07, 6.45) is 16.0. The summed E-state index contributed by atoms with van der Waals surface area (Å²) >= 11 is 0. The topological polar surface area (TPSA) is 20.2 Å². The summed E-state index contributed by atoms with van der Waals surface area (Å²) in [5.41, 5.74) is 5.10. The van der Waals surface area contributed by atoms with Gasteiger partial charge < -0.3 is 5.11 Å². The van der Waals surface area contributed by atoms with E-state index in [9.17, 15) is 5.11 Å². The van der Waals surface area contributed by atoms with Crippen LogP contribution in [0.25, 0.3) is 0 Å². The third-order valence-electron chi connectivity index (χ3n) is 9.41. The van der Waals surface area contributed by atoms with Gasteiger partial charge in [0.25, 0.3) is 0 Å². The van der Waals surface area contributed by atoms with Crippen LogP contribution in [0.15, 0.2) is 35.5 Å². The number of allylic oxidation sites excluding steroid dienone is 3. The average molecular weight is 383 g/mol. The molecule has 0 aromatic carbocycles. The van der Waals surface area contributed by atoms with Crippen molar-refractivity contribution in [1.29, 1.82) is 0 Å². The minimum Gasteiger partial charge on any atom is -0.392 e. The number of hydrogen-bond donors (Lipinski definition) is 1. The van der Waals surface area contributed by atoms with E-state index in [1.54, 1.807) is 5.57 Å². The van der Waals surface area contributed by atoms with Gasteiger partial charge in [-0.05, 0) is 110 Å². The van der Waals surface area contributed by atoms with Crippen molar-refractivity contribution in [3.8, 4) is 0 Å². The highest BCUT2D eigenvalue weighted by Crippen LogP contribution is 2.64. The van der Waals surface area contributed by atoms with E-state index in [4.69, 9.17) is 0 Å². The molecule has 0 radical (unpaired) electrons. The third kappa shape index (κ3) is 3.47. The molecule has 1 nitrogen and oxygen atoms in total. The Morgan fingerprint density at radius 2 is 1.96 bits per heavy atom. The lowest BCUT2D eigenvalue weighted by atomic mass is 9.52. The summed E-state index contributed by atoms with van der Waals surface area (Å²) in [4.78, 5) is 0. The summed E-state index contributed by atoms with van der Waals surface area (Å²) in [5, 5.41) is 10.1. The van der Waals surface area contributed by atoms with Crippen LogP contribution in [0.5, 0.6) is 0 Å². The van der Waals surface area contributed by atoms with Gasteiger partial charge in [0, 0.05) is 0 Å². The van der Waals surface area contributed by atoms with Crippen LogP contribution < -0.4 is 0 Å². The van der Waals surface area contributed by atoms with Crippen LogP contribution >= 0.6 is 0 Å². The number of aliphatic hydroxyl groups excluding tert-OH is 1. The highest BCUT2D eigenvalue weighted by Gasteiger charge is 2.55. The van der Waals surface area contributed by atoms with E-state index in [1.165, 1.54) is 56.1 Å². The minimum atomic E-state index is -0.141. The van der Waals surface area contributed by atoms with E-state index in [0.29, 0.717) is 11.3 Å². The molecule has 4 aliphatic rings. The van der Waals surface area contributed by atoms with E-state index in [1.807, 2.05) is 0 Å². The van der Waals surface area contributed by atoms with E-state index in [-0.39, 0.29) is 6.10 Å². The fourth-order valence-corrected chi connectivity index (χ4v) is 7.60. The second-order valence-corrected chi connectivity index (χ2v) is 11.2. The van der Waals surface area contributed by atoms with E-state index >= 15 is 0 Å². The molecule has 1 N–H and O–H groups in total. The van der Waals surface area contributed by atoms with Crippen molar-refractivity contribution in [3.05, 3.63) is 35.5 Å². The second-order valence-electron chi connectivity index (χ2n) is 11.2. The summed E-state index contributed by atoms with van der Waals surface area (Å²) in [7, 11) is 0. The van der Waals surface area contributed by atoms with Gasteiger partial charge in [0.2, 0.25) is 0 Å². The molecule has 7 atom stereocenters. The highest BCUT2D eigenvalue weighted by atomic mass is 16.3. The van der Waals surface area contributed by atoms with Crippen molar-refractivity contribution in [3.63, 3.8) is 0 Å². The van der Waals surface area contributed by atoms with Crippen molar-refractivity contribution >= 4 is 0 Å². The Balaban J connectivity index is 1.47. The van der Waals surface area contributed by atoms with Crippen molar-refractivity contribution in [2.75, 3.05) is 0 Å². The zero-order valence-corrected chi connectivity index (χ0v) is 18.7. The molecule has 7 unspecified atom stereocenters. The Bertz CT molecular complexity index is 668. The zero-order valence-electron chi connectivity index (χ0n) is 18.7. The molecule has 0 aromatic rings. The Labute approximate surface area is 173 Å². The Morgan fingerprint density at radius 3 is 2.71 bits per heavy atom. The normalized spacial score (nSPS) is 40.9. The molecule has 2 saturated carbocycles. The molecule has 0 bridgehead atoms. The van der Waals surface area contributed by atoms with E-state index < -0.39 is 0 Å². The second kappa shape index (κ2) is 7.78. The van der Waals surface area contributed by atoms with Crippen molar-refractivity contribution in [2.45, 2.75) is 91.6 Å². The lowest BCUT2D eigenvalue weighted by Gasteiger charge is -2.52. The molecule has 0 aliphatic heterocycles. The zero-order chi connectivity index (χ0) is 20.1. The molecule has 156 valence electrons. The number of rotatable bonds is 5. The maximum atomic E-state index is 10.1. The predicted octanol–water partition coefficient (Wildman–Crippen LogP) is 7.08. The quantitative estimate of drug-likeness (QED) is 0.503. The molecular formula is C27H42O. The Morgan fingerprint density at radius 1 is 1.18 bits per heavy atom. The van der Waals surface area contributed by atoms with Gasteiger partial charge in [-0.2, -0.15) is 0 Å². The first-order valence-corrected chi connectivity index (χ1v) is 12.1. The van der Waals surface area contributed by atoms with Crippen molar-refractivity contribution in [1.82, 2.24) is 0 Å². The average Bonchev–Trinajstić information content (AvgIpc) is 3.02. The lowest BCUT2D eigenvalue weighted by Crippen LogP contribution is -2.44. The molecule has 0 spiro atoms. The van der Waals surface area contributed by atoms with Gasteiger partial charge in [0.05, 0.1) is 6.10 Å². The van der Waals surface area contributed by atoms with Gasteiger partial charge in [0.1, 0.15) is 0 Å². The molecular weight excluding hydrogens is 340 g/mol. The lowest BCUT2D eigenvalue weighted by molar-refractivity contribution is 0.00432. The molecule has 4 aliphatic carbocycles.